The predicted octanol–water partition coefficient (Wildman–Crippen LogP) is 3.97. The number of hydrogen-bond acceptors (Lipinski definition) is 2. The molecule has 0 spiro atoms. The largest absolute Gasteiger partial charge is 0.343 e. The molecule has 20 heavy (non-hydrogen) atoms. The number of rotatable bonds is 4. The van der Waals surface area contributed by atoms with Gasteiger partial charge >= 0.3 is 0 Å². The second-order valence-electron chi connectivity index (χ2n) is 5.26. The summed E-state index contributed by atoms with van der Waals surface area (Å²) in [5.74, 6) is 0.310. The maximum absolute atomic E-state index is 12.0. The molecule has 1 amide bonds. The summed E-state index contributed by atoms with van der Waals surface area (Å²) in [5, 5.41) is 2.10. The highest BCUT2D eigenvalue weighted by Gasteiger charge is 2.17. The Labute approximate surface area is 124 Å². The minimum absolute atomic E-state index is 0.310. The van der Waals surface area contributed by atoms with Crippen LogP contribution in [-0.2, 0) is 11.2 Å². The van der Waals surface area contributed by atoms with Gasteiger partial charge in [0.15, 0.2) is 0 Å². The van der Waals surface area contributed by atoms with Crippen LogP contribution in [0, 0.1) is 0 Å². The van der Waals surface area contributed by atoms with Crippen LogP contribution >= 0.6 is 11.3 Å². The first-order chi connectivity index (χ1) is 9.83. The molecule has 2 aromatic rings. The number of aryl methyl sites for hydroxylation is 1. The lowest BCUT2D eigenvalue weighted by atomic mass is 10.1. The van der Waals surface area contributed by atoms with Crippen molar-refractivity contribution in [1.29, 1.82) is 0 Å². The van der Waals surface area contributed by atoms with Crippen LogP contribution in [0.1, 0.15) is 24.8 Å². The molecular weight excluding hydrogens is 266 g/mol. The number of carbonyl (C=O) groups excluding carboxylic acids is 1. The molecule has 3 rings (SSSR count). The van der Waals surface area contributed by atoms with Gasteiger partial charge in [0.1, 0.15) is 0 Å². The lowest BCUT2D eigenvalue weighted by Crippen LogP contribution is -2.27. The molecule has 1 aliphatic rings. The van der Waals surface area contributed by atoms with Gasteiger partial charge in [0.05, 0.1) is 0 Å². The summed E-state index contributed by atoms with van der Waals surface area (Å²) in [7, 11) is 0. The lowest BCUT2D eigenvalue weighted by Gasteiger charge is -2.14. The summed E-state index contributed by atoms with van der Waals surface area (Å²) in [4.78, 5) is 15.3. The predicted molar refractivity (Wildman–Crippen MR) is 83.9 cm³/mol. The molecule has 2 nitrogen and oxygen atoms in total. The zero-order valence-electron chi connectivity index (χ0n) is 11.5. The Kier molecular flexibility index (Phi) is 4.16. The summed E-state index contributed by atoms with van der Waals surface area (Å²) in [6.07, 6.45) is 3.82. The normalized spacial score (nSPS) is 14.7. The van der Waals surface area contributed by atoms with E-state index in [1.807, 2.05) is 4.90 Å². The summed E-state index contributed by atoms with van der Waals surface area (Å²) in [6.45, 7) is 1.91. The van der Waals surface area contributed by atoms with Crippen LogP contribution in [0.25, 0.3) is 10.4 Å². The topological polar surface area (TPSA) is 20.3 Å². The Morgan fingerprint density at radius 2 is 1.85 bits per heavy atom. The number of thiophene rings is 1. The Bertz CT molecular complexity index is 553. The highest BCUT2D eigenvalue weighted by Crippen LogP contribution is 2.25. The molecule has 0 unspecified atom stereocenters. The van der Waals surface area contributed by atoms with Crippen molar-refractivity contribution in [2.75, 3.05) is 13.1 Å². The van der Waals surface area contributed by atoms with Gasteiger partial charge in [0.2, 0.25) is 5.91 Å². The third-order valence-corrected chi connectivity index (χ3v) is 4.76. The molecule has 2 heterocycles. The van der Waals surface area contributed by atoms with E-state index in [9.17, 15) is 4.79 Å². The Hall–Kier alpha value is -1.61. The molecule has 1 saturated heterocycles. The van der Waals surface area contributed by atoms with Gasteiger partial charge in [0.25, 0.3) is 0 Å². The van der Waals surface area contributed by atoms with Gasteiger partial charge < -0.3 is 4.90 Å². The van der Waals surface area contributed by atoms with Crippen LogP contribution < -0.4 is 0 Å². The van der Waals surface area contributed by atoms with E-state index in [0.717, 1.165) is 19.5 Å². The Balaban J connectivity index is 1.57. The number of nitrogens with zero attached hydrogens (tertiary/aromatic N) is 1. The molecule has 1 fully saturated rings. The van der Waals surface area contributed by atoms with Crippen LogP contribution in [0.3, 0.4) is 0 Å². The van der Waals surface area contributed by atoms with E-state index >= 15 is 0 Å². The van der Waals surface area contributed by atoms with Gasteiger partial charge in [0, 0.05) is 24.4 Å². The minimum Gasteiger partial charge on any atom is -0.343 e. The molecule has 0 bridgehead atoms. The van der Waals surface area contributed by atoms with E-state index in [1.165, 1.54) is 28.8 Å². The molecular formula is C17H19NOS. The van der Waals surface area contributed by atoms with Crippen molar-refractivity contribution in [2.45, 2.75) is 25.7 Å². The lowest BCUT2D eigenvalue weighted by molar-refractivity contribution is -0.130. The maximum atomic E-state index is 12.0. The van der Waals surface area contributed by atoms with Crippen molar-refractivity contribution in [2.24, 2.45) is 0 Å². The third-order valence-electron chi connectivity index (χ3n) is 3.85. The molecule has 1 aromatic carbocycles. The minimum atomic E-state index is 0.310. The van der Waals surface area contributed by atoms with Crippen molar-refractivity contribution < 1.29 is 4.79 Å². The van der Waals surface area contributed by atoms with Crippen LogP contribution in [0.2, 0.25) is 0 Å². The van der Waals surface area contributed by atoms with E-state index in [-0.39, 0.29) is 0 Å². The summed E-state index contributed by atoms with van der Waals surface area (Å²) >= 11 is 1.76. The molecule has 0 atom stereocenters. The van der Waals surface area contributed by atoms with Crippen LogP contribution in [0.5, 0.6) is 0 Å². The Morgan fingerprint density at radius 3 is 2.50 bits per heavy atom. The van der Waals surface area contributed by atoms with Gasteiger partial charge in [-0.25, -0.2) is 0 Å². The zero-order valence-corrected chi connectivity index (χ0v) is 12.4. The van der Waals surface area contributed by atoms with Crippen molar-refractivity contribution in [3.63, 3.8) is 0 Å². The zero-order chi connectivity index (χ0) is 13.8. The van der Waals surface area contributed by atoms with E-state index in [0.29, 0.717) is 12.3 Å². The van der Waals surface area contributed by atoms with E-state index in [1.54, 1.807) is 11.3 Å². The first-order valence-corrected chi connectivity index (χ1v) is 8.11. The smallest absolute Gasteiger partial charge is 0.222 e. The average Bonchev–Trinajstić information content (AvgIpc) is 3.18. The number of amides is 1. The molecule has 3 heteroatoms. The second-order valence-corrected chi connectivity index (χ2v) is 6.21. The molecule has 1 aliphatic heterocycles. The van der Waals surface area contributed by atoms with Gasteiger partial charge in [-0.15, -0.1) is 11.3 Å². The van der Waals surface area contributed by atoms with Gasteiger partial charge in [-0.1, -0.05) is 30.3 Å². The van der Waals surface area contributed by atoms with Crippen LogP contribution in [0.15, 0.2) is 41.8 Å². The quantitative estimate of drug-likeness (QED) is 0.832. The molecule has 0 saturated carbocycles. The fourth-order valence-corrected chi connectivity index (χ4v) is 3.39. The first-order valence-electron chi connectivity index (χ1n) is 7.23. The molecule has 1 aromatic heterocycles. The van der Waals surface area contributed by atoms with Gasteiger partial charge in [-0.3, -0.25) is 4.79 Å². The fraction of sp³-hybridized carbons (Fsp3) is 0.353. The summed E-state index contributed by atoms with van der Waals surface area (Å²) in [5.41, 5.74) is 2.51. The van der Waals surface area contributed by atoms with Gasteiger partial charge in [-0.05, 0) is 41.8 Å². The van der Waals surface area contributed by atoms with Crippen molar-refractivity contribution in [3.05, 3.63) is 47.3 Å². The highest BCUT2D eigenvalue weighted by atomic mass is 32.1. The maximum Gasteiger partial charge on any atom is 0.222 e. The third kappa shape index (κ3) is 3.10. The van der Waals surface area contributed by atoms with Gasteiger partial charge in [-0.2, -0.15) is 0 Å². The van der Waals surface area contributed by atoms with E-state index < -0.39 is 0 Å². The number of carbonyl (C=O) groups is 1. The van der Waals surface area contributed by atoms with E-state index in [2.05, 4.69) is 41.8 Å². The van der Waals surface area contributed by atoms with E-state index in [4.69, 9.17) is 0 Å². The monoisotopic (exact) mass is 285 g/mol. The second kappa shape index (κ2) is 6.23. The Morgan fingerprint density at radius 1 is 1.10 bits per heavy atom. The number of hydrogen-bond donors (Lipinski definition) is 0. The van der Waals surface area contributed by atoms with Crippen molar-refractivity contribution in [1.82, 2.24) is 4.90 Å². The summed E-state index contributed by atoms with van der Waals surface area (Å²) < 4.78 is 0. The molecule has 0 aliphatic carbocycles. The fourth-order valence-electron chi connectivity index (χ4n) is 2.65. The summed E-state index contributed by atoms with van der Waals surface area (Å²) in [6, 6.07) is 12.8. The standard InChI is InChI=1S/C17H19NOS/c19-17(18-11-1-2-12-18)10-7-14-5-8-15(9-6-14)16-4-3-13-20-16/h3-6,8-9,13H,1-2,7,10-12H2. The average molecular weight is 285 g/mol. The molecule has 104 valence electrons. The number of likely N-dealkylation sites (tertiary alicyclic amines) is 1. The van der Waals surface area contributed by atoms with Crippen LogP contribution in [-0.4, -0.2) is 23.9 Å². The molecule has 0 radical (unpaired) electrons. The number of benzene rings is 1. The van der Waals surface area contributed by atoms with Crippen LogP contribution in [0.4, 0.5) is 0 Å². The highest BCUT2D eigenvalue weighted by molar-refractivity contribution is 7.13. The van der Waals surface area contributed by atoms with Crippen molar-refractivity contribution in [3.8, 4) is 10.4 Å². The van der Waals surface area contributed by atoms with Crippen molar-refractivity contribution >= 4 is 17.2 Å². The first kappa shape index (κ1) is 13.4. The molecule has 0 N–H and O–H groups in total. The SMILES string of the molecule is O=C(CCc1ccc(-c2cccs2)cc1)N1CCCC1.